The Morgan fingerprint density at radius 3 is 2.89 bits per heavy atom. The molecular weight excluding hydrogens is 372 g/mol. The average Bonchev–Trinajstić information content (AvgIpc) is 3.06. The van der Waals surface area contributed by atoms with Gasteiger partial charge in [-0.25, -0.2) is 5.43 Å². The Balaban J connectivity index is 1.66. The van der Waals surface area contributed by atoms with Crippen LogP contribution in [0.4, 0.5) is 17.6 Å². The second-order valence-corrected chi connectivity index (χ2v) is 6.51. The molecule has 0 bridgehead atoms. The second-order valence-electron chi connectivity index (χ2n) is 6.15. The Morgan fingerprint density at radius 2 is 2.15 bits per heavy atom. The molecule has 2 aliphatic rings. The lowest BCUT2D eigenvalue weighted by atomic mass is 10.1. The lowest BCUT2D eigenvalue weighted by Crippen LogP contribution is -2.43. The summed E-state index contributed by atoms with van der Waals surface area (Å²) in [6.45, 7) is 2.66. The van der Waals surface area contributed by atoms with Gasteiger partial charge in [0.15, 0.2) is 0 Å². The molecule has 0 radical (unpaired) electrons. The lowest BCUT2D eigenvalue weighted by Gasteiger charge is -2.26. The molecule has 12 heteroatoms. The zero-order valence-electron chi connectivity index (χ0n) is 14.5. The molecule has 0 spiro atoms. The number of morpholine rings is 1. The number of aromatic nitrogens is 3. The van der Waals surface area contributed by atoms with Gasteiger partial charge in [0.25, 0.3) is 5.69 Å². The van der Waals surface area contributed by atoms with Gasteiger partial charge >= 0.3 is 0 Å². The van der Waals surface area contributed by atoms with Crippen molar-refractivity contribution in [2.24, 2.45) is 0 Å². The summed E-state index contributed by atoms with van der Waals surface area (Å²) in [5, 5.41) is 20.9. The number of hydrogen-bond donors (Lipinski definition) is 2. The summed E-state index contributed by atoms with van der Waals surface area (Å²) in [6.07, 6.45) is -0.462. The van der Waals surface area contributed by atoms with Crippen molar-refractivity contribution < 1.29 is 9.66 Å². The zero-order valence-corrected chi connectivity index (χ0v) is 15.3. The van der Waals surface area contributed by atoms with Crippen LogP contribution in [0, 0.1) is 10.1 Å². The predicted molar refractivity (Wildman–Crippen MR) is 101 cm³/mol. The van der Waals surface area contributed by atoms with Gasteiger partial charge in [0.1, 0.15) is 6.17 Å². The molecular formula is C15H18N8O3S. The number of nitrogens with one attached hydrogen (secondary N) is 2. The van der Waals surface area contributed by atoms with Crippen molar-refractivity contribution in [2.75, 3.05) is 43.6 Å². The minimum Gasteiger partial charge on any atom is -0.378 e. The van der Waals surface area contributed by atoms with Gasteiger partial charge in [-0.1, -0.05) is 12.1 Å². The fraction of sp³-hybridized carbons (Fsp3) is 0.400. The van der Waals surface area contributed by atoms with Crippen LogP contribution in [0.15, 0.2) is 24.3 Å². The van der Waals surface area contributed by atoms with E-state index in [-0.39, 0.29) is 5.69 Å². The first-order chi connectivity index (χ1) is 13.0. The van der Waals surface area contributed by atoms with E-state index in [4.69, 9.17) is 17.0 Å². The molecule has 2 aromatic rings. The maximum Gasteiger partial charge on any atom is 0.269 e. The van der Waals surface area contributed by atoms with Gasteiger partial charge < -0.3 is 15.0 Å². The molecule has 2 aliphatic heterocycles. The van der Waals surface area contributed by atoms with E-state index in [2.05, 4.69) is 20.8 Å². The molecule has 11 nitrogen and oxygen atoms in total. The molecule has 4 rings (SSSR count). The highest BCUT2D eigenvalue weighted by atomic mass is 32.1. The van der Waals surface area contributed by atoms with Gasteiger partial charge in [0.2, 0.25) is 17.0 Å². The minimum absolute atomic E-state index is 0.0149. The molecule has 1 fully saturated rings. The Labute approximate surface area is 160 Å². The summed E-state index contributed by atoms with van der Waals surface area (Å²) in [5.41, 5.74) is 3.87. The maximum absolute atomic E-state index is 11.1. The van der Waals surface area contributed by atoms with E-state index in [9.17, 15) is 10.1 Å². The van der Waals surface area contributed by atoms with Gasteiger partial charge in [-0.15, -0.1) is 5.10 Å². The molecule has 0 saturated carbocycles. The van der Waals surface area contributed by atoms with Crippen LogP contribution in [0.2, 0.25) is 0 Å². The summed E-state index contributed by atoms with van der Waals surface area (Å²) >= 11 is 5.49. The van der Waals surface area contributed by atoms with Crippen LogP contribution in [-0.2, 0) is 4.74 Å². The number of ether oxygens (including phenoxy) is 1. The smallest absolute Gasteiger partial charge is 0.269 e. The first kappa shape index (κ1) is 17.6. The number of anilines is 2. The van der Waals surface area contributed by atoms with E-state index < -0.39 is 11.1 Å². The fourth-order valence-corrected chi connectivity index (χ4v) is 3.13. The third-order valence-electron chi connectivity index (χ3n) is 4.37. The third-order valence-corrected chi connectivity index (χ3v) is 4.82. The highest BCUT2D eigenvalue weighted by Crippen LogP contribution is 2.25. The lowest BCUT2D eigenvalue weighted by molar-refractivity contribution is -0.384. The van der Waals surface area contributed by atoms with Crippen LogP contribution in [-0.4, -0.2) is 63.2 Å². The Bertz CT molecular complexity index is 882. The first-order valence-corrected chi connectivity index (χ1v) is 8.78. The molecule has 2 N–H and O–H groups in total. The van der Waals surface area contributed by atoms with Crippen molar-refractivity contribution in [3.8, 4) is 0 Å². The fourth-order valence-electron chi connectivity index (χ4n) is 2.95. The molecule has 142 valence electrons. The number of hydrazine groups is 1. The van der Waals surface area contributed by atoms with Crippen LogP contribution in [0.1, 0.15) is 11.7 Å². The summed E-state index contributed by atoms with van der Waals surface area (Å²) in [4.78, 5) is 17.3. The van der Waals surface area contributed by atoms with Crippen LogP contribution >= 0.6 is 12.2 Å². The van der Waals surface area contributed by atoms with E-state index >= 15 is 0 Å². The summed E-state index contributed by atoms with van der Waals surface area (Å²) in [5.74, 6) is 1.03. The van der Waals surface area contributed by atoms with Gasteiger partial charge in [-0.05, 0) is 17.8 Å². The molecule has 1 saturated heterocycles. The molecule has 1 atom stereocenters. The normalized spacial score (nSPS) is 20.0. The zero-order chi connectivity index (χ0) is 19.0. The summed E-state index contributed by atoms with van der Waals surface area (Å²) in [6, 6.07) is 6.40. The third kappa shape index (κ3) is 3.41. The number of nitro groups is 1. The van der Waals surface area contributed by atoms with Crippen molar-refractivity contribution in [1.29, 1.82) is 0 Å². The Morgan fingerprint density at radius 1 is 1.37 bits per heavy atom. The molecule has 1 aromatic carbocycles. The van der Waals surface area contributed by atoms with Crippen LogP contribution in [0.3, 0.4) is 0 Å². The first-order valence-electron chi connectivity index (χ1n) is 8.38. The van der Waals surface area contributed by atoms with Crippen molar-refractivity contribution >= 4 is 34.9 Å². The average molecular weight is 390 g/mol. The van der Waals surface area contributed by atoms with Crippen LogP contribution in [0.25, 0.3) is 0 Å². The van der Waals surface area contributed by atoms with Crippen molar-refractivity contribution in [1.82, 2.24) is 25.2 Å². The standard InChI is InChI=1S/C15H18N8O3S/c1-20-15(27)22-13(17-14(19-22)21-5-7-26-8-6-21)16-12(18-20)10-3-2-4-11(9-10)23(24)25/h2-4,9,12,18H,5-8H2,1H3,(H,16,17,19). The minimum atomic E-state index is -0.462. The van der Waals surface area contributed by atoms with E-state index in [1.54, 1.807) is 28.9 Å². The topological polar surface area (TPSA) is 114 Å². The number of rotatable bonds is 3. The highest BCUT2D eigenvalue weighted by molar-refractivity contribution is 7.80. The van der Waals surface area contributed by atoms with Gasteiger partial charge in [-0.3, -0.25) is 15.1 Å². The molecule has 0 amide bonds. The monoisotopic (exact) mass is 390 g/mol. The Hall–Kier alpha value is -2.83. The van der Waals surface area contributed by atoms with E-state index in [1.165, 1.54) is 12.1 Å². The number of fused-ring (bicyclic) bond motifs is 1. The van der Waals surface area contributed by atoms with Gasteiger partial charge in [0.05, 0.1) is 18.1 Å². The Kier molecular flexibility index (Phi) is 4.59. The number of nitro benzene ring substituents is 1. The van der Waals surface area contributed by atoms with Crippen LogP contribution in [0.5, 0.6) is 0 Å². The van der Waals surface area contributed by atoms with Crippen molar-refractivity contribution in [3.63, 3.8) is 0 Å². The van der Waals surface area contributed by atoms with Crippen molar-refractivity contribution in [2.45, 2.75) is 6.17 Å². The van der Waals surface area contributed by atoms with Crippen LogP contribution < -0.4 is 15.6 Å². The van der Waals surface area contributed by atoms with E-state index in [0.717, 1.165) is 0 Å². The molecule has 1 unspecified atom stereocenters. The predicted octanol–water partition coefficient (Wildman–Crippen LogP) is 0.717. The van der Waals surface area contributed by atoms with Gasteiger partial charge in [-0.2, -0.15) is 9.67 Å². The number of nitrogens with zero attached hydrogens (tertiary/aromatic N) is 6. The highest BCUT2D eigenvalue weighted by Gasteiger charge is 2.28. The largest absolute Gasteiger partial charge is 0.378 e. The van der Waals surface area contributed by atoms with Crippen molar-refractivity contribution in [3.05, 3.63) is 39.9 Å². The number of non-ortho nitro benzene ring substituents is 1. The quantitative estimate of drug-likeness (QED) is 0.441. The summed E-state index contributed by atoms with van der Waals surface area (Å²) < 4.78 is 6.91. The molecule has 1 aromatic heterocycles. The molecule has 3 heterocycles. The number of thiocarbonyl (C=S) groups is 1. The molecule has 0 aliphatic carbocycles. The number of benzene rings is 1. The SMILES string of the molecule is CN1NC(c2cccc([N+](=O)[O-])c2)Nc2nc(N3CCOCC3)nn2C1=S. The van der Waals surface area contributed by atoms with Gasteiger partial charge in [0, 0.05) is 32.3 Å². The summed E-state index contributed by atoms with van der Waals surface area (Å²) in [7, 11) is 1.76. The second kappa shape index (κ2) is 7.06. The number of hydrogen-bond acceptors (Lipinski definition) is 9. The van der Waals surface area contributed by atoms with E-state index in [1.807, 2.05) is 4.90 Å². The maximum atomic E-state index is 11.1. The van der Waals surface area contributed by atoms with E-state index in [0.29, 0.717) is 48.9 Å². The molecule has 27 heavy (non-hydrogen) atoms.